The highest BCUT2D eigenvalue weighted by atomic mass is 35.5. The van der Waals surface area contributed by atoms with Gasteiger partial charge < -0.3 is 5.32 Å². The van der Waals surface area contributed by atoms with E-state index >= 15 is 0 Å². The third-order valence-corrected chi connectivity index (χ3v) is 4.80. The first kappa shape index (κ1) is 11.4. The molecule has 1 aromatic rings. The van der Waals surface area contributed by atoms with Crippen LogP contribution in [0.25, 0.3) is 0 Å². The maximum absolute atomic E-state index is 5.98. The molecule has 0 aliphatic heterocycles. The second-order valence-electron chi connectivity index (χ2n) is 4.22. The molecule has 1 nitrogen and oxygen atoms in total. The summed E-state index contributed by atoms with van der Waals surface area (Å²) in [6.45, 7) is 5.55. The van der Waals surface area contributed by atoms with Gasteiger partial charge in [-0.25, -0.2) is 0 Å². The van der Waals surface area contributed by atoms with Crippen molar-refractivity contribution in [1.29, 1.82) is 0 Å². The topological polar surface area (TPSA) is 12.0 Å². The molecule has 0 spiro atoms. The van der Waals surface area contributed by atoms with E-state index in [4.69, 9.17) is 11.6 Å². The summed E-state index contributed by atoms with van der Waals surface area (Å²) < 4.78 is 0.923. The van der Waals surface area contributed by atoms with Crippen molar-refractivity contribution in [3.63, 3.8) is 0 Å². The van der Waals surface area contributed by atoms with E-state index < -0.39 is 0 Å². The molecule has 0 amide bonds. The molecule has 3 atom stereocenters. The predicted molar refractivity (Wildman–Crippen MR) is 67.9 cm³/mol. The van der Waals surface area contributed by atoms with Gasteiger partial charge >= 0.3 is 0 Å². The van der Waals surface area contributed by atoms with Gasteiger partial charge in [-0.15, -0.1) is 11.3 Å². The lowest BCUT2D eigenvalue weighted by molar-refractivity contribution is 0.165. The Labute approximate surface area is 101 Å². The van der Waals surface area contributed by atoms with Crippen LogP contribution in [0.15, 0.2) is 12.1 Å². The zero-order valence-corrected chi connectivity index (χ0v) is 10.9. The highest BCUT2D eigenvalue weighted by Gasteiger charge is 2.40. The number of hydrogen-bond donors (Lipinski definition) is 1. The summed E-state index contributed by atoms with van der Waals surface area (Å²) in [5.41, 5.74) is 0. The molecule has 3 heteroatoms. The second-order valence-corrected chi connectivity index (χ2v) is 5.97. The van der Waals surface area contributed by atoms with Crippen LogP contribution < -0.4 is 5.32 Å². The van der Waals surface area contributed by atoms with Gasteiger partial charge in [0.2, 0.25) is 0 Å². The lowest BCUT2D eigenvalue weighted by Gasteiger charge is -2.44. The Kier molecular flexibility index (Phi) is 3.70. The van der Waals surface area contributed by atoms with Gasteiger partial charge in [0.25, 0.3) is 0 Å². The molecule has 1 aliphatic carbocycles. The predicted octanol–water partition coefficient (Wildman–Crippen LogP) is 3.89. The molecule has 1 aromatic heterocycles. The van der Waals surface area contributed by atoms with E-state index in [1.165, 1.54) is 17.7 Å². The van der Waals surface area contributed by atoms with Crippen molar-refractivity contribution in [2.75, 3.05) is 6.54 Å². The summed E-state index contributed by atoms with van der Waals surface area (Å²) >= 11 is 7.73. The quantitative estimate of drug-likeness (QED) is 0.846. The molecular formula is C12H18ClNS. The molecule has 1 aliphatic rings. The summed E-state index contributed by atoms with van der Waals surface area (Å²) in [6, 6.07) is 4.95. The molecule has 0 radical (unpaired) electrons. The fourth-order valence-corrected chi connectivity index (χ4v) is 3.88. The standard InChI is InChI=1S/C12H18ClNS/c1-3-8-9(7-10(8)14-4-2)11-5-6-12(13)15-11/h5-6,8-10,14H,3-4,7H2,1-2H3. The zero-order valence-electron chi connectivity index (χ0n) is 9.29. The zero-order chi connectivity index (χ0) is 10.8. The fourth-order valence-electron chi connectivity index (χ4n) is 2.63. The van der Waals surface area contributed by atoms with Crippen molar-refractivity contribution in [3.05, 3.63) is 21.3 Å². The lowest BCUT2D eigenvalue weighted by atomic mass is 9.67. The Morgan fingerprint density at radius 2 is 2.27 bits per heavy atom. The average Bonchev–Trinajstić information content (AvgIpc) is 2.59. The first-order valence-electron chi connectivity index (χ1n) is 5.74. The maximum atomic E-state index is 5.98. The van der Waals surface area contributed by atoms with Crippen molar-refractivity contribution in [2.24, 2.45) is 5.92 Å². The van der Waals surface area contributed by atoms with E-state index in [9.17, 15) is 0 Å². The van der Waals surface area contributed by atoms with Crippen LogP contribution in [-0.2, 0) is 0 Å². The molecule has 1 N–H and O–H groups in total. The van der Waals surface area contributed by atoms with Gasteiger partial charge in [-0.2, -0.15) is 0 Å². The Morgan fingerprint density at radius 1 is 1.47 bits per heavy atom. The summed E-state index contributed by atoms with van der Waals surface area (Å²) in [5.74, 6) is 1.55. The van der Waals surface area contributed by atoms with E-state index in [2.05, 4.69) is 25.2 Å². The third kappa shape index (κ3) is 2.22. The molecule has 1 saturated carbocycles. The first-order chi connectivity index (χ1) is 7.26. The highest BCUT2D eigenvalue weighted by Crippen LogP contribution is 2.47. The van der Waals surface area contributed by atoms with Crippen molar-refractivity contribution in [3.8, 4) is 0 Å². The van der Waals surface area contributed by atoms with Crippen LogP contribution in [0.1, 0.15) is 37.5 Å². The normalized spacial score (nSPS) is 30.2. The minimum absolute atomic E-state index is 0.728. The molecule has 0 saturated heterocycles. The van der Waals surface area contributed by atoms with Crippen molar-refractivity contribution in [2.45, 2.75) is 38.6 Å². The van der Waals surface area contributed by atoms with Crippen LogP contribution in [0, 0.1) is 5.92 Å². The molecule has 1 heterocycles. The van der Waals surface area contributed by atoms with Crippen LogP contribution >= 0.6 is 22.9 Å². The van der Waals surface area contributed by atoms with Crippen LogP contribution in [-0.4, -0.2) is 12.6 Å². The number of thiophene rings is 1. The van der Waals surface area contributed by atoms with Gasteiger partial charge in [0, 0.05) is 10.9 Å². The fraction of sp³-hybridized carbons (Fsp3) is 0.667. The Morgan fingerprint density at radius 3 is 2.80 bits per heavy atom. The maximum Gasteiger partial charge on any atom is 0.0931 e. The Balaban J connectivity index is 2.01. The minimum Gasteiger partial charge on any atom is -0.314 e. The van der Waals surface area contributed by atoms with Gasteiger partial charge in [-0.05, 0) is 36.9 Å². The summed E-state index contributed by atoms with van der Waals surface area (Å²) in [4.78, 5) is 1.47. The van der Waals surface area contributed by atoms with Crippen LogP contribution in [0.3, 0.4) is 0 Å². The molecule has 3 unspecified atom stereocenters. The van der Waals surface area contributed by atoms with Crippen molar-refractivity contribution in [1.82, 2.24) is 5.32 Å². The van der Waals surface area contributed by atoms with Crippen LogP contribution in [0.5, 0.6) is 0 Å². The highest BCUT2D eigenvalue weighted by molar-refractivity contribution is 7.16. The average molecular weight is 244 g/mol. The third-order valence-electron chi connectivity index (χ3n) is 3.44. The largest absolute Gasteiger partial charge is 0.314 e. The van der Waals surface area contributed by atoms with Gasteiger partial charge in [0.05, 0.1) is 4.34 Å². The van der Waals surface area contributed by atoms with E-state index in [1.807, 2.05) is 6.07 Å². The number of halogens is 1. The number of rotatable bonds is 4. The number of nitrogens with one attached hydrogen (secondary N) is 1. The lowest BCUT2D eigenvalue weighted by Crippen LogP contribution is -2.48. The SMILES string of the molecule is CCNC1CC(c2ccc(Cl)s2)C1CC. The van der Waals surface area contributed by atoms with E-state index in [-0.39, 0.29) is 0 Å². The van der Waals surface area contributed by atoms with Gasteiger partial charge in [0.1, 0.15) is 0 Å². The molecule has 0 bridgehead atoms. The van der Waals surface area contributed by atoms with E-state index in [1.54, 1.807) is 11.3 Å². The molecule has 1 fully saturated rings. The molecule has 84 valence electrons. The number of hydrogen-bond acceptors (Lipinski definition) is 2. The van der Waals surface area contributed by atoms with E-state index in [0.29, 0.717) is 0 Å². The van der Waals surface area contributed by atoms with E-state index in [0.717, 1.165) is 28.8 Å². The Hall–Kier alpha value is -0.0500. The summed E-state index contributed by atoms with van der Waals surface area (Å²) in [6.07, 6.45) is 2.54. The molecular weight excluding hydrogens is 226 g/mol. The van der Waals surface area contributed by atoms with Gasteiger partial charge in [0.15, 0.2) is 0 Å². The smallest absolute Gasteiger partial charge is 0.0931 e. The van der Waals surface area contributed by atoms with Crippen molar-refractivity contribution >= 4 is 22.9 Å². The monoisotopic (exact) mass is 243 g/mol. The summed E-state index contributed by atoms with van der Waals surface area (Å²) in [7, 11) is 0. The van der Waals surface area contributed by atoms with Gasteiger partial charge in [-0.1, -0.05) is 31.9 Å². The molecule has 2 rings (SSSR count). The second kappa shape index (κ2) is 4.86. The van der Waals surface area contributed by atoms with Crippen LogP contribution in [0.2, 0.25) is 4.34 Å². The Bertz CT molecular complexity index is 323. The summed E-state index contributed by atoms with van der Waals surface area (Å²) in [5, 5.41) is 3.56. The van der Waals surface area contributed by atoms with Crippen LogP contribution in [0.4, 0.5) is 0 Å². The van der Waals surface area contributed by atoms with Crippen molar-refractivity contribution < 1.29 is 0 Å². The van der Waals surface area contributed by atoms with Gasteiger partial charge in [-0.3, -0.25) is 0 Å². The first-order valence-corrected chi connectivity index (χ1v) is 6.94. The molecule has 0 aromatic carbocycles. The molecule has 15 heavy (non-hydrogen) atoms. The minimum atomic E-state index is 0.728.